The second-order valence-electron chi connectivity index (χ2n) is 7.07. The summed E-state index contributed by atoms with van der Waals surface area (Å²) in [6.45, 7) is 4.34. The van der Waals surface area contributed by atoms with Gasteiger partial charge in [0.05, 0.1) is 10.6 Å². The molecule has 0 atom stereocenters. The third-order valence-electron chi connectivity index (χ3n) is 4.66. The number of likely N-dealkylation sites (N-methyl/N-ethyl adjacent to an activating group) is 1. The topological polar surface area (TPSA) is 45.6 Å². The SMILES string of the molecule is CC(C)c1ccc(/C=C2\S/C(=N/c3nc(-c4ccccc4)cs3)N(C)C2=O)cc1. The lowest BCUT2D eigenvalue weighted by Crippen LogP contribution is -2.23. The number of amidine groups is 1. The molecule has 0 N–H and O–H groups in total. The largest absolute Gasteiger partial charge is 0.289 e. The number of thiazole rings is 1. The maximum atomic E-state index is 12.7. The quantitative estimate of drug-likeness (QED) is 0.475. The molecule has 0 spiro atoms. The van der Waals surface area contributed by atoms with Gasteiger partial charge in [-0.2, -0.15) is 4.99 Å². The first-order valence-electron chi connectivity index (χ1n) is 9.38. The number of carbonyl (C=O) groups excluding carboxylic acids is 1. The van der Waals surface area contributed by atoms with Gasteiger partial charge in [0.15, 0.2) is 5.17 Å². The van der Waals surface area contributed by atoms with Gasteiger partial charge in [-0.15, -0.1) is 11.3 Å². The molecule has 4 nitrogen and oxygen atoms in total. The standard InChI is InChI=1S/C23H21N3OS2/c1-15(2)17-11-9-16(10-12-17)13-20-21(27)26(3)23(29-20)25-22-24-19(14-28-22)18-7-5-4-6-8-18/h4-15H,1-3H3/b20-13-,25-23+. The highest BCUT2D eigenvalue weighted by molar-refractivity contribution is 8.18. The lowest BCUT2D eigenvalue weighted by atomic mass is 10.0. The fourth-order valence-corrected chi connectivity index (χ4v) is 4.64. The highest BCUT2D eigenvalue weighted by Crippen LogP contribution is 2.35. The third-order valence-corrected chi connectivity index (χ3v) is 6.45. The number of rotatable bonds is 4. The van der Waals surface area contributed by atoms with Gasteiger partial charge in [0.2, 0.25) is 5.13 Å². The summed E-state index contributed by atoms with van der Waals surface area (Å²) in [4.78, 5) is 24.1. The number of carbonyl (C=O) groups is 1. The maximum Gasteiger partial charge on any atom is 0.266 e. The zero-order valence-corrected chi connectivity index (χ0v) is 18.1. The van der Waals surface area contributed by atoms with Crippen LogP contribution in [0.1, 0.15) is 30.9 Å². The third kappa shape index (κ3) is 4.33. The van der Waals surface area contributed by atoms with Gasteiger partial charge < -0.3 is 0 Å². The number of aliphatic imine (C=N–C) groups is 1. The fraction of sp³-hybridized carbons (Fsp3) is 0.174. The molecule has 2 aromatic carbocycles. The van der Waals surface area contributed by atoms with Crippen LogP contribution in [0.15, 0.2) is 69.9 Å². The first-order chi connectivity index (χ1) is 14.0. The molecule has 1 saturated heterocycles. The zero-order chi connectivity index (χ0) is 20.4. The van der Waals surface area contributed by atoms with Crippen LogP contribution >= 0.6 is 23.1 Å². The summed E-state index contributed by atoms with van der Waals surface area (Å²) < 4.78 is 0. The van der Waals surface area contributed by atoms with Crippen molar-refractivity contribution in [3.8, 4) is 11.3 Å². The van der Waals surface area contributed by atoms with Crippen molar-refractivity contribution in [2.75, 3.05) is 7.05 Å². The Hall–Kier alpha value is -2.70. The molecule has 1 fully saturated rings. The zero-order valence-electron chi connectivity index (χ0n) is 16.5. The number of amides is 1. The molecular formula is C23H21N3OS2. The summed E-state index contributed by atoms with van der Waals surface area (Å²) in [7, 11) is 1.75. The van der Waals surface area contributed by atoms with Crippen LogP contribution in [0, 0.1) is 0 Å². The summed E-state index contributed by atoms with van der Waals surface area (Å²) in [5.41, 5.74) is 4.26. The van der Waals surface area contributed by atoms with E-state index < -0.39 is 0 Å². The lowest BCUT2D eigenvalue weighted by molar-refractivity contribution is -0.121. The molecule has 146 valence electrons. The van der Waals surface area contributed by atoms with Crippen LogP contribution in [-0.4, -0.2) is 28.0 Å². The lowest BCUT2D eigenvalue weighted by Gasteiger charge is -2.06. The summed E-state index contributed by atoms with van der Waals surface area (Å²) in [5, 5.41) is 3.28. The molecule has 4 rings (SSSR count). The first kappa shape index (κ1) is 19.6. The van der Waals surface area contributed by atoms with Crippen LogP contribution in [0.3, 0.4) is 0 Å². The molecule has 29 heavy (non-hydrogen) atoms. The average molecular weight is 420 g/mol. The van der Waals surface area contributed by atoms with E-state index in [2.05, 4.69) is 48.1 Å². The minimum Gasteiger partial charge on any atom is -0.289 e. The van der Waals surface area contributed by atoms with E-state index in [1.807, 2.05) is 41.8 Å². The van der Waals surface area contributed by atoms with E-state index in [1.165, 1.54) is 28.7 Å². The minimum absolute atomic E-state index is 0.0403. The predicted molar refractivity (Wildman–Crippen MR) is 124 cm³/mol. The van der Waals surface area contributed by atoms with Crippen molar-refractivity contribution in [1.29, 1.82) is 0 Å². The van der Waals surface area contributed by atoms with Crippen molar-refractivity contribution in [3.63, 3.8) is 0 Å². The second-order valence-corrected chi connectivity index (χ2v) is 8.92. The van der Waals surface area contributed by atoms with Crippen LogP contribution in [0.4, 0.5) is 5.13 Å². The molecule has 6 heteroatoms. The van der Waals surface area contributed by atoms with E-state index >= 15 is 0 Å². The Kier molecular flexibility index (Phi) is 5.65. The van der Waals surface area contributed by atoms with Crippen molar-refractivity contribution < 1.29 is 4.79 Å². The summed E-state index contributed by atoms with van der Waals surface area (Å²) in [6, 6.07) is 18.3. The molecule has 3 aromatic rings. The van der Waals surface area contributed by atoms with Gasteiger partial charge in [0.25, 0.3) is 5.91 Å². The Balaban J connectivity index is 1.55. The van der Waals surface area contributed by atoms with Crippen molar-refractivity contribution in [2.24, 2.45) is 4.99 Å². The molecule has 1 aromatic heterocycles. The molecule has 2 heterocycles. The van der Waals surface area contributed by atoms with E-state index in [9.17, 15) is 4.79 Å². The van der Waals surface area contributed by atoms with Crippen molar-refractivity contribution >= 4 is 45.4 Å². The molecule has 0 aliphatic carbocycles. The number of aromatic nitrogens is 1. The Morgan fingerprint density at radius 1 is 1.07 bits per heavy atom. The molecular weight excluding hydrogens is 398 g/mol. The minimum atomic E-state index is -0.0403. The number of nitrogens with zero attached hydrogens (tertiary/aromatic N) is 3. The Labute approximate surface area is 179 Å². The highest BCUT2D eigenvalue weighted by Gasteiger charge is 2.30. The van der Waals surface area contributed by atoms with Gasteiger partial charge in [-0.05, 0) is 34.9 Å². The van der Waals surface area contributed by atoms with Gasteiger partial charge in [-0.1, -0.05) is 68.4 Å². The molecule has 0 bridgehead atoms. The fourth-order valence-electron chi connectivity index (χ4n) is 2.92. The second kappa shape index (κ2) is 8.35. The summed E-state index contributed by atoms with van der Waals surface area (Å²) >= 11 is 2.86. The molecule has 1 aliphatic heterocycles. The molecule has 0 radical (unpaired) electrons. The Morgan fingerprint density at radius 2 is 1.79 bits per heavy atom. The first-order valence-corrected chi connectivity index (χ1v) is 11.1. The van der Waals surface area contributed by atoms with E-state index in [-0.39, 0.29) is 5.91 Å². The summed E-state index contributed by atoms with van der Waals surface area (Å²) in [5.74, 6) is 0.449. The number of hydrogen-bond donors (Lipinski definition) is 0. The van der Waals surface area contributed by atoms with Gasteiger partial charge >= 0.3 is 0 Å². The van der Waals surface area contributed by atoms with Gasteiger partial charge in [0.1, 0.15) is 0 Å². The molecule has 0 saturated carbocycles. The van der Waals surface area contributed by atoms with Crippen LogP contribution in [-0.2, 0) is 4.79 Å². The van der Waals surface area contributed by atoms with Crippen LogP contribution in [0.25, 0.3) is 17.3 Å². The van der Waals surface area contributed by atoms with E-state index in [0.29, 0.717) is 21.1 Å². The van der Waals surface area contributed by atoms with Crippen LogP contribution in [0.2, 0.25) is 0 Å². The Bertz CT molecular complexity index is 1080. The smallest absolute Gasteiger partial charge is 0.266 e. The van der Waals surface area contributed by atoms with Gasteiger partial charge in [0, 0.05) is 18.0 Å². The summed E-state index contributed by atoms with van der Waals surface area (Å²) in [6.07, 6.45) is 1.92. The van der Waals surface area contributed by atoms with E-state index in [4.69, 9.17) is 0 Å². The number of hydrogen-bond acceptors (Lipinski definition) is 5. The van der Waals surface area contributed by atoms with Gasteiger partial charge in [-0.25, -0.2) is 4.98 Å². The van der Waals surface area contributed by atoms with Crippen LogP contribution < -0.4 is 0 Å². The normalized spacial score (nSPS) is 17.1. The van der Waals surface area contributed by atoms with E-state index in [0.717, 1.165) is 16.8 Å². The number of benzene rings is 2. The van der Waals surface area contributed by atoms with Crippen LogP contribution in [0.5, 0.6) is 0 Å². The molecule has 1 amide bonds. The Morgan fingerprint density at radius 3 is 2.48 bits per heavy atom. The van der Waals surface area contributed by atoms with Crippen molar-refractivity contribution in [2.45, 2.75) is 19.8 Å². The monoisotopic (exact) mass is 419 g/mol. The average Bonchev–Trinajstić information content (AvgIpc) is 3.30. The van der Waals surface area contributed by atoms with Crippen molar-refractivity contribution in [3.05, 3.63) is 76.0 Å². The molecule has 0 unspecified atom stereocenters. The van der Waals surface area contributed by atoms with Crippen molar-refractivity contribution in [1.82, 2.24) is 9.88 Å². The number of thioether (sulfide) groups is 1. The predicted octanol–water partition coefficient (Wildman–Crippen LogP) is 6.17. The van der Waals surface area contributed by atoms with Gasteiger partial charge in [-0.3, -0.25) is 9.69 Å². The van der Waals surface area contributed by atoms with E-state index in [1.54, 1.807) is 11.9 Å². The molecule has 1 aliphatic rings. The maximum absolute atomic E-state index is 12.7. The highest BCUT2D eigenvalue weighted by atomic mass is 32.2.